The van der Waals surface area contributed by atoms with Crippen LogP contribution in [0.5, 0.6) is 11.5 Å². The summed E-state index contributed by atoms with van der Waals surface area (Å²) in [5.74, 6) is 1.67. The van der Waals surface area contributed by atoms with Gasteiger partial charge in [-0.25, -0.2) is 11.1 Å². The number of hydrogen-bond acceptors (Lipinski definition) is 3. The average Bonchev–Trinajstić information content (AvgIpc) is 3.26. The zero-order valence-electron chi connectivity index (χ0n) is 52.4. The first kappa shape index (κ1) is 89.1. The van der Waals surface area contributed by atoms with Gasteiger partial charge in [-0.2, -0.15) is 30.3 Å². The van der Waals surface area contributed by atoms with Crippen molar-refractivity contribution in [2.75, 3.05) is 0 Å². The molecule has 1 N–H and O–H groups in total. The maximum Gasteiger partial charge on any atom is 1.00 e. The molecule has 0 heterocycles. The van der Waals surface area contributed by atoms with E-state index in [1.54, 1.807) is 6.08 Å². The Morgan fingerprint density at radius 2 is 0.640 bits per heavy atom. The molecule has 0 fully saturated rings. The number of hydrogen-bond donors (Lipinski definition) is 0. The van der Waals surface area contributed by atoms with E-state index in [1.807, 2.05) is 25.1 Å². The molecule has 13 heteroatoms. The van der Waals surface area contributed by atoms with Gasteiger partial charge in [0.1, 0.15) is 0 Å². The van der Waals surface area contributed by atoms with Crippen molar-refractivity contribution < 1.29 is 126 Å². The summed E-state index contributed by atoms with van der Waals surface area (Å²) in [5.41, 5.74) is 17.3. The van der Waals surface area contributed by atoms with Gasteiger partial charge in [0.05, 0.1) is 91.7 Å². The van der Waals surface area contributed by atoms with Crippen LogP contribution in [0.2, 0.25) is 0 Å². The minimum atomic E-state index is -0.886. The predicted molar refractivity (Wildman–Crippen MR) is 344 cm³/mol. The second kappa shape index (κ2) is 49.2. The quantitative estimate of drug-likeness (QED) is 0.0389. The Labute approximate surface area is 557 Å². The smallest absolute Gasteiger partial charge is 0.870 e. The Kier molecular flexibility index (Phi) is 58.5. The monoisotopic (exact) mass is 1710 g/mol. The van der Waals surface area contributed by atoms with Gasteiger partial charge in [0.15, 0.2) is 16.3 Å². The Morgan fingerprint density at radius 1 is 0.413 bits per heavy atom. The van der Waals surface area contributed by atoms with E-state index in [0.717, 1.165) is 56.8 Å². The summed E-state index contributed by atoms with van der Waals surface area (Å²) < 4.78 is 12.5. The minimum Gasteiger partial charge on any atom is -0.870 e. The Bertz CT molecular complexity index is 1510. The average molecular weight is 1710 g/mol. The van der Waals surface area contributed by atoms with E-state index in [2.05, 4.69) is 233 Å². The van der Waals surface area contributed by atoms with Gasteiger partial charge in [-0.05, 0) is 195 Å². The van der Waals surface area contributed by atoms with E-state index >= 15 is 0 Å². The molecule has 3 nitrogen and oxygen atoms in total. The van der Waals surface area contributed by atoms with Gasteiger partial charge in [0, 0.05) is 88.5 Å². The molecule has 0 spiro atoms. The fraction of sp³-hybridized carbons (Fsp3) is 0.661. The van der Waals surface area contributed by atoms with Crippen LogP contribution in [0, 0.1) is 24.3 Å². The van der Waals surface area contributed by atoms with Crippen LogP contribution >= 0.6 is 48.0 Å². The van der Waals surface area contributed by atoms with Crippen LogP contribution in [-0.2, 0) is 85.0 Å². The molecular formula is C62H113Ir3KO3P6+2. The molecule has 3 radical (unpaired) electrons. The summed E-state index contributed by atoms with van der Waals surface area (Å²) in [5, 5.41) is 0. The van der Waals surface area contributed by atoms with E-state index in [-0.39, 0.29) is 149 Å². The normalized spacial score (nSPS) is 11.2. The zero-order chi connectivity index (χ0) is 54.0. The minimum absolute atomic E-state index is 0. The van der Waals surface area contributed by atoms with Crippen molar-refractivity contribution in [3.63, 3.8) is 0 Å². The summed E-state index contributed by atoms with van der Waals surface area (Å²) in [7, 11) is -3.13. The molecule has 0 amide bonds. The summed E-state index contributed by atoms with van der Waals surface area (Å²) in [4.78, 5) is 0. The van der Waals surface area contributed by atoms with Crippen LogP contribution < -0.4 is 60.4 Å². The Morgan fingerprint density at radius 3 is 0.867 bits per heavy atom. The SMILES string of the molecule is C=C=CC.CC(C)[PH+](Cc1[c-]c(C[PH+](C(C)C)C(C)C)c[c-]c1)C(C)C.CC(C)[PH+](Cc1[c-]c(C[PH+](C(C)C)C(C)C)ccc1)C(C)C.CC(C)[PH+](Oc1[c-]c(O[PH+](C(C)C)C(C)C)ccc1)C(C)C.[Ir].[Ir].[Ir].[K+].[OH-]. The van der Waals surface area contributed by atoms with Crippen LogP contribution in [-0.4, -0.2) is 73.4 Å². The first-order valence-electron chi connectivity index (χ1n) is 27.3. The molecule has 0 aromatic heterocycles. The molecule has 435 valence electrons. The maximum absolute atomic E-state index is 6.26. The molecule has 0 atom stereocenters. The van der Waals surface area contributed by atoms with Crippen molar-refractivity contribution in [3.05, 3.63) is 113 Å². The number of allylic oxidation sites excluding steroid dienone is 1. The third-order valence-electron chi connectivity index (χ3n) is 12.9. The third kappa shape index (κ3) is 38.5. The fourth-order valence-corrected chi connectivity index (χ4v) is 24.8. The summed E-state index contributed by atoms with van der Waals surface area (Å²) in [6.07, 6.45) is 6.81. The third-order valence-corrected chi connectivity index (χ3v) is 33.4. The molecule has 3 aromatic carbocycles. The van der Waals surface area contributed by atoms with Crippen molar-refractivity contribution in [1.82, 2.24) is 0 Å². The number of rotatable bonds is 24. The van der Waals surface area contributed by atoms with Crippen LogP contribution in [0.3, 0.4) is 0 Å². The van der Waals surface area contributed by atoms with E-state index in [9.17, 15) is 0 Å². The molecule has 3 rings (SSSR count). The van der Waals surface area contributed by atoms with Crippen LogP contribution in [0.25, 0.3) is 0 Å². The second-order valence-corrected chi connectivity index (χ2v) is 45.0. The van der Waals surface area contributed by atoms with Crippen LogP contribution in [0.1, 0.15) is 195 Å². The van der Waals surface area contributed by atoms with Gasteiger partial charge in [-0.3, -0.25) is 12.1 Å². The molecule has 0 saturated carbocycles. The molecule has 0 unspecified atom stereocenters. The first-order chi connectivity index (χ1) is 32.6. The van der Waals surface area contributed by atoms with Crippen molar-refractivity contribution in [2.45, 2.75) is 266 Å². The topological polar surface area (TPSA) is 48.5 Å². The van der Waals surface area contributed by atoms with Crippen molar-refractivity contribution >= 4 is 48.0 Å². The van der Waals surface area contributed by atoms with Gasteiger partial charge in [0.2, 0.25) is 0 Å². The van der Waals surface area contributed by atoms with Crippen LogP contribution in [0.4, 0.5) is 0 Å². The van der Waals surface area contributed by atoms with Gasteiger partial charge in [0.25, 0.3) is 0 Å². The molecule has 0 saturated heterocycles. The zero-order valence-corrected chi connectivity index (χ0v) is 68.7. The van der Waals surface area contributed by atoms with E-state index in [0.29, 0.717) is 22.6 Å². The summed E-state index contributed by atoms with van der Waals surface area (Å²) >= 11 is 0. The largest absolute Gasteiger partial charge is 1.00 e. The molecular weight excluding hydrogens is 1590 g/mol. The number of benzene rings is 3. The van der Waals surface area contributed by atoms with Gasteiger partial charge in [-0.15, -0.1) is 29.0 Å². The molecule has 3 aromatic rings. The fourth-order valence-electron chi connectivity index (χ4n) is 9.27. The van der Waals surface area contributed by atoms with Gasteiger partial charge < -0.3 is 26.7 Å². The Balaban J connectivity index is -0.000000222. The van der Waals surface area contributed by atoms with Crippen molar-refractivity contribution in [3.8, 4) is 11.5 Å². The standard InChI is InChI=1S/C20H35P2.C20H34P2.C18H31O2P2.C4H6.3Ir.K.H2O/c2*1-15(2)21(16(3)4)13-19-10-9-11-20(12-19)14-22(17(5)6)18(7)8;1-13(2)21(14(3)4)19-17-10-9-11-18(12-17)20-22(15(5)6)16(7)8;1-3-4-2;;;;;/h9-11,15-18H,13-14H2,1-8H3;10-11,15-18H,13-14H2,1-8H3;9-11,13-16H,1-8H3;4H,1H2,2H3;;;;;1H2/q-1;-2;-1;;;;;+1;/p+5. The van der Waals surface area contributed by atoms with E-state index < -0.39 is 16.3 Å². The molecule has 0 aliphatic rings. The first-order valence-corrected chi connectivity index (χ1v) is 37.9. The summed E-state index contributed by atoms with van der Waals surface area (Å²) in [6.45, 7) is 61.4. The maximum atomic E-state index is 6.26. The van der Waals surface area contributed by atoms with Gasteiger partial charge >= 0.3 is 51.4 Å². The van der Waals surface area contributed by atoms with Gasteiger partial charge in [-0.1, -0.05) is 12.6 Å². The second-order valence-electron chi connectivity index (χ2n) is 23.1. The van der Waals surface area contributed by atoms with E-state index in [4.69, 9.17) is 9.05 Å². The molecule has 0 aliphatic heterocycles. The van der Waals surface area contributed by atoms with Crippen molar-refractivity contribution in [1.29, 1.82) is 0 Å². The molecule has 0 bridgehead atoms. The predicted octanol–water partition coefficient (Wildman–Crippen LogP) is 17.2. The molecule has 75 heavy (non-hydrogen) atoms. The van der Waals surface area contributed by atoms with E-state index in [1.165, 1.54) is 46.9 Å². The van der Waals surface area contributed by atoms with Crippen molar-refractivity contribution in [2.24, 2.45) is 0 Å². The Hall–Kier alpha value is 2.90. The van der Waals surface area contributed by atoms with Crippen LogP contribution in [0.15, 0.2) is 66.9 Å². The molecule has 0 aliphatic carbocycles. The summed E-state index contributed by atoms with van der Waals surface area (Å²) in [6, 6.07) is 31.5.